The van der Waals surface area contributed by atoms with Crippen molar-refractivity contribution in [2.45, 2.75) is 18.3 Å². The van der Waals surface area contributed by atoms with Crippen LogP contribution in [0.1, 0.15) is 18.4 Å². The Morgan fingerprint density at radius 3 is 2.87 bits per heavy atom. The number of carbonyl (C=O) groups is 1. The zero-order valence-corrected chi connectivity index (χ0v) is 9.67. The second-order valence-corrected chi connectivity index (χ2v) is 5.08. The van der Waals surface area contributed by atoms with Gasteiger partial charge < -0.3 is 9.78 Å². The first kappa shape index (κ1) is 9.16. The van der Waals surface area contributed by atoms with Crippen LogP contribution in [0.5, 0.6) is 0 Å². The number of aldehydes is 1. The molecular formula is C12H10BrNO. The van der Waals surface area contributed by atoms with Crippen LogP contribution in [-0.2, 0) is 10.2 Å². The fourth-order valence-corrected chi connectivity index (χ4v) is 2.46. The molecule has 0 spiro atoms. The Morgan fingerprint density at radius 2 is 2.20 bits per heavy atom. The summed E-state index contributed by atoms with van der Waals surface area (Å²) < 4.78 is 1.05. The van der Waals surface area contributed by atoms with Crippen molar-refractivity contribution < 1.29 is 4.79 Å². The van der Waals surface area contributed by atoms with Gasteiger partial charge in [0.15, 0.2) is 0 Å². The number of hydrogen-bond acceptors (Lipinski definition) is 1. The Kier molecular flexibility index (Phi) is 1.80. The average Bonchev–Trinajstić information content (AvgIpc) is 2.93. The van der Waals surface area contributed by atoms with Crippen LogP contribution in [0.2, 0.25) is 0 Å². The highest BCUT2D eigenvalue weighted by atomic mass is 79.9. The van der Waals surface area contributed by atoms with E-state index in [9.17, 15) is 4.79 Å². The highest BCUT2D eigenvalue weighted by Crippen LogP contribution is 2.48. The maximum absolute atomic E-state index is 11.1. The van der Waals surface area contributed by atoms with E-state index >= 15 is 0 Å². The van der Waals surface area contributed by atoms with Gasteiger partial charge in [0.05, 0.1) is 5.41 Å². The highest BCUT2D eigenvalue weighted by molar-refractivity contribution is 9.10. The number of hydrogen-bond donors (Lipinski definition) is 1. The lowest BCUT2D eigenvalue weighted by Crippen LogP contribution is -2.06. The van der Waals surface area contributed by atoms with E-state index in [2.05, 4.69) is 27.0 Å². The average molecular weight is 264 g/mol. The Hall–Kier alpha value is -1.09. The van der Waals surface area contributed by atoms with Crippen molar-refractivity contribution in [3.63, 3.8) is 0 Å². The number of carbonyl (C=O) groups excluding carboxylic acids is 1. The molecule has 3 heteroatoms. The lowest BCUT2D eigenvalue weighted by atomic mass is 9.97. The number of rotatable bonds is 2. The highest BCUT2D eigenvalue weighted by Gasteiger charge is 2.45. The molecule has 0 bridgehead atoms. The van der Waals surface area contributed by atoms with Crippen LogP contribution in [0.15, 0.2) is 28.9 Å². The monoisotopic (exact) mass is 263 g/mol. The van der Waals surface area contributed by atoms with E-state index in [1.165, 1.54) is 5.39 Å². The second-order valence-electron chi connectivity index (χ2n) is 4.17. The molecule has 0 amide bonds. The van der Waals surface area contributed by atoms with Gasteiger partial charge in [-0.3, -0.25) is 0 Å². The summed E-state index contributed by atoms with van der Waals surface area (Å²) in [5.74, 6) is 0. The third-order valence-corrected chi connectivity index (χ3v) is 3.69. The van der Waals surface area contributed by atoms with Gasteiger partial charge in [-0.25, -0.2) is 0 Å². The van der Waals surface area contributed by atoms with Gasteiger partial charge in [0.1, 0.15) is 6.29 Å². The predicted molar refractivity (Wildman–Crippen MR) is 63.0 cm³/mol. The van der Waals surface area contributed by atoms with Crippen molar-refractivity contribution in [1.82, 2.24) is 4.98 Å². The van der Waals surface area contributed by atoms with Crippen LogP contribution in [0.25, 0.3) is 10.9 Å². The molecule has 1 saturated carbocycles. The Morgan fingerprint density at radius 1 is 1.40 bits per heavy atom. The van der Waals surface area contributed by atoms with E-state index in [1.54, 1.807) is 0 Å². The van der Waals surface area contributed by atoms with Crippen LogP contribution in [0.3, 0.4) is 0 Å². The van der Waals surface area contributed by atoms with E-state index in [4.69, 9.17) is 0 Å². The zero-order valence-electron chi connectivity index (χ0n) is 8.09. The van der Waals surface area contributed by atoms with Crippen molar-refractivity contribution in [2.75, 3.05) is 0 Å². The summed E-state index contributed by atoms with van der Waals surface area (Å²) in [5.41, 5.74) is 2.05. The number of H-pyrrole nitrogens is 1. The Balaban J connectivity index is 2.25. The number of benzene rings is 1. The summed E-state index contributed by atoms with van der Waals surface area (Å²) in [6.45, 7) is 0. The summed E-state index contributed by atoms with van der Waals surface area (Å²) in [4.78, 5) is 14.3. The van der Waals surface area contributed by atoms with E-state index in [1.807, 2.05) is 18.3 Å². The number of fused-ring (bicyclic) bond motifs is 1. The molecular weight excluding hydrogens is 254 g/mol. The van der Waals surface area contributed by atoms with Crippen LogP contribution < -0.4 is 0 Å². The summed E-state index contributed by atoms with van der Waals surface area (Å²) in [5, 5.41) is 1.17. The lowest BCUT2D eigenvalue weighted by Gasteiger charge is -2.04. The van der Waals surface area contributed by atoms with Gasteiger partial charge in [-0.2, -0.15) is 0 Å². The van der Waals surface area contributed by atoms with Crippen molar-refractivity contribution in [3.05, 3.63) is 34.4 Å². The molecule has 0 aliphatic heterocycles. The molecule has 3 rings (SSSR count). The van der Waals surface area contributed by atoms with Crippen LogP contribution in [-0.4, -0.2) is 11.3 Å². The molecule has 1 aliphatic rings. The van der Waals surface area contributed by atoms with Gasteiger partial charge in [-0.05, 0) is 30.5 Å². The normalized spacial score (nSPS) is 17.9. The minimum atomic E-state index is -0.188. The van der Waals surface area contributed by atoms with E-state index in [0.717, 1.165) is 34.7 Å². The molecule has 1 aliphatic carbocycles. The Labute approximate surface area is 95.8 Å². The number of nitrogens with one attached hydrogen (secondary N) is 1. The molecule has 0 unspecified atom stereocenters. The molecule has 1 aromatic carbocycles. The van der Waals surface area contributed by atoms with Crippen molar-refractivity contribution in [2.24, 2.45) is 0 Å². The van der Waals surface area contributed by atoms with Crippen LogP contribution in [0.4, 0.5) is 0 Å². The van der Waals surface area contributed by atoms with E-state index < -0.39 is 0 Å². The third kappa shape index (κ3) is 1.26. The SMILES string of the molecule is O=CC1(c2c[nH]c3cc(Br)ccc23)CC1. The summed E-state index contributed by atoms with van der Waals surface area (Å²) in [7, 11) is 0. The summed E-state index contributed by atoms with van der Waals surface area (Å²) in [6.07, 6.45) is 5.04. The van der Waals surface area contributed by atoms with Gasteiger partial charge in [-0.15, -0.1) is 0 Å². The van der Waals surface area contributed by atoms with Crippen LogP contribution >= 0.6 is 15.9 Å². The molecule has 76 valence electrons. The molecule has 1 heterocycles. The van der Waals surface area contributed by atoms with Crippen molar-refractivity contribution in [1.29, 1.82) is 0 Å². The maximum atomic E-state index is 11.1. The van der Waals surface area contributed by atoms with Gasteiger partial charge in [-0.1, -0.05) is 22.0 Å². The molecule has 0 radical (unpaired) electrons. The number of aromatic amines is 1. The van der Waals surface area contributed by atoms with Crippen LogP contribution in [0, 0.1) is 0 Å². The molecule has 2 nitrogen and oxygen atoms in total. The minimum Gasteiger partial charge on any atom is -0.361 e. The van der Waals surface area contributed by atoms with Gasteiger partial charge >= 0.3 is 0 Å². The minimum absolute atomic E-state index is 0.188. The van der Waals surface area contributed by atoms with E-state index in [-0.39, 0.29) is 5.41 Å². The molecule has 15 heavy (non-hydrogen) atoms. The molecule has 1 aromatic heterocycles. The molecule has 0 saturated heterocycles. The van der Waals surface area contributed by atoms with Gasteiger partial charge in [0.25, 0.3) is 0 Å². The molecule has 1 N–H and O–H groups in total. The second kappa shape index (κ2) is 2.95. The summed E-state index contributed by atoms with van der Waals surface area (Å²) >= 11 is 3.44. The fraction of sp³-hybridized carbons (Fsp3) is 0.250. The van der Waals surface area contributed by atoms with Gasteiger partial charge in [0, 0.05) is 21.6 Å². The first-order valence-corrected chi connectivity index (χ1v) is 5.78. The predicted octanol–water partition coefficient (Wildman–Crippen LogP) is 3.16. The van der Waals surface area contributed by atoms with E-state index in [0.29, 0.717) is 0 Å². The largest absolute Gasteiger partial charge is 0.361 e. The van der Waals surface area contributed by atoms with Crippen molar-refractivity contribution >= 4 is 33.1 Å². The molecule has 0 atom stereocenters. The van der Waals surface area contributed by atoms with Crippen molar-refractivity contribution in [3.8, 4) is 0 Å². The third-order valence-electron chi connectivity index (χ3n) is 3.19. The smallest absolute Gasteiger partial charge is 0.130 e. The number of aromatic nitrogens is 1. The van der Waals surface area contributed by atoms with Gasteiger partial charge in [0.2, 0.25) is 0 Å². The molecule has 1 fully saturated rings. The maximum Gasteiger partial charge on any atom is 0.130 e. The first-order chi connectivity index (χ1) is 7.25. The Bertz CT molecular complexity index is 540. The first-order valence-electron chi connectivity index (χ1n) is 4.99. The zero-order chi connectivity index (χ0) is 10.5. The standard InChI is InChI=1S/C12H10BrNO/c13-8-1-2-9-10(6-14-11(9)5-8)12(7-15)3-4-12/h1-2,5-7,14H,3-4H2. The lowest BCUT2D eigenvalue weighted by molar-refractivity contribution is -0.109. The topological polar surface area (TPSA) is 32.9 Å². The quantitative estimate of drug-likeness (QED) is 0.830. The fourth-order valence-electron chi connectivity index (χ4n) is 2.10. The molecule has 2 aromatic rings. The number of halogens is 1. The summed E-state index contributed by atoms with van der Waals surface area (Å²) in [6, 6.07) is 6.12.